The van der Waals surface area contributed by atoms with Crippen molar-refractivity contribution in [1.82, 2.24) is 10.2 Å². The first-order chi connectivity index (χ1) is 11.9. The predicted molar refractivity (Wildman–Crippen MR) is 107 cm³/mol. The van der Waals surface area contributed by atoms with Gasteiger partial charge in [-0.05, 0) is 48.3 Å². The molecule has 0 aromatic heterocycles. The SMILES string of the molecule is COc1ccc(CSC2=NCN([C@@H]3C[C@H](C)CC(C)(C)C3)CN2)cc1. The summed E-state index contributed by atoms with van der Waals surface area (Å²) in [6, 6.07) is 8.92. The fraction of sp³-hybridized carbons (Fsp3) is 0.650. The molecule has 0 amide bonds. The topological polar surface area (TPSA) is 36.9 Å². The van der Waals surface area contributed by atoms with Crippen LogP contribution in [0, 0.1) is 11.3 Å². The standard InChI is InChI=1S/C20H31N3OS/c1-15-9-17(11-20(2,3)10-15)23-13-21-19(22-14-23)25-12-16-5-7-18(24-4)8-6-16/h5-8,15,17H,9-14H2,1-4H3,(H,21,22)/t15-,17+/m0/s1. The molecule has 138 valence electrons. The third-order valence-electron chi connectivity index (χ3n) is 5.24. The molecule has 0 saturated heterocycles. The van der Waals surface area contributed by atoms with Gasteiger partial charge in [0.2, 0.25) is 0 Å². The summed E-state index contributed by atoms with van der Waals surface area (Å²) in [5.41, 5.74) is 1.75. The van der Waals surface area contributed by atoms with Gasteiger partial charge in [-0.15, -0.1) is 0 Å². The Balaban J connectivity index is 1.50. The van der Waals surface area contributed by atoms with Crippen LogP contribution in [0.2, 0.25) is 0 Å². The summed E-state index contributed by atoms with van der Waals surface area (Å²) in [6.45, 7) is 8.96. The molecule has 4 nitrogen and oxygen atoms in total. The van der Waals surface area contributed by atoms with Crippen molar-refractivity contribution in [1.29, 1.82) is 0 Å². The van der Waals surface area contributed by atoms with E-state index in [9.17, 15) is 0 Å². The number of aliphatic imine (C=N–C) groups is 1. The van der Waals surface area contributed by atoms with Crippen molar-refractivity contribution in [3.63, 3.8) is 0 Å². The van der Waals surface area contributed by atoms with Crippen LogP contribution in [0.1, 0.15) is 45.6 Å². The van der Waals surface area contributed by atoms with Gasteiger partial charge in [-0.2, -0.15) is 0 Å². The quantitative estimate of drug-likeness (QED) is 0.866. The Hall–Kier alpha value is -1.20. The minimum absolute atomic E-state index is 0.454. The van der Waals surface area contributed by atoms with Crippen LogP contribution in [-0.4, -0.2) is 36.6 Å². The number of benzene rings is 1. The summed E-state index contributed by atoms with van der Waals surface area (Å²) < 4.78 is 5.21. The second kappa shape index (κ2) is 8.00. The van der Waals surface area contributed by atoms with Crippen LogP contribution in [0.15, 0.2) is 29.3 Å². The molecule has 3 rings (SSSR count). The van der Waals surface area contributed by atoms with E-state index in [1.54, 1.807) is 18.9 Å². The Labute approximate surface area is 156 Å². The lowest BCUT2D eigenvalue weighted by molar-refractivity contribution is 0.0642. The smallest absolute Gasteiger partial charge is 0.159 e. The van der Waals surface area contributed by atoms with Gasteiger partial charge in [0, 0.05) is 11.8 Å². The normalized spacial score (nSPS) is 26.6. The van der Waals surface area contributed by atoms with E-state index in [2.05, 4.69) is 43.1 Å². The van der Waals surface area contributed by atoms with Crippen LogP contribution in [0.5, 0.6) is 5.75 Å². The van der Waals surface area contributed by atoms with Gasteiger partial charge in [0.1, 0.15) is 5.75 Å². The number of thioether (sulfide) groups is 1. The molecule has 1 aliphatic heterocycles. The molecule has 1 N–H and O–H groups in total. The molecule has 0 spiro atoms. The lowest BCUT2D eigenvalue weighted by Crippen LogP contribution is -2.50. The van der Waals surface area contributed by atoms with E-state index in [4.69, 9.17) is 9.73 Å². The van der Waals surface area contributed by atoms with Crippen molar-refractivity contribution in [2.24, 2.45) is 16.3 Å². The molecule has 1 heterocycles. The minimum Gasteiger partial charge on any atom is -0.497 e. The fourth-order valence-corrected chi connectivity index (χ4v) is 5.03. The Morgan fingerprint density at radius 3 is 2.64 bits per heavy atom. The van der Waals surface area contributed by atoms with Gasteiger partial charge in [0.05, 0.1) is 20.4 Å². The lowest BCUT2D eigenvalue weighted by atomic mass is 9.70. The number of methoxy groups -OCH3 is 1. The molecule has 25 heavy (non-hydrogen) atoms. The molecule has 2 aliphatic rings. The Morgan fingerprint density at radius 2 is 2.04 bits per heavy atom. The Morgan fingerprint density at radius 1 is 1.28 bits per heavy atom. The average Bonchev–Trinajstić information content (AvgIpc) is 2.59. The van der Waals surface area contributed by atoms with Gasteiger partial charge in [-0.25, -0.2) is 4.99 Å². The largest absolute Gasteiger partial charge is 0.497 e. The van der Waals surface area contributed by atoms with Crippen LogP contribution in [0.25, 0.3) is 0 Å². The van der Waals surface area contributed by atoms with Crippen molar-refractivity contribution in [2.45, 2.75) is 51.8 Å². The molecule has 5 heteroatoms. The third kappa shape index (κ3) is 5.14. The van der Waals surface area contributed by atoms with Crippen LogP contribution in [0.3, 0.4) is 0 Å². The van der Waals surface area contributed by atoms with E-state index in [1.807, 2.05) is 12.1 Å². The molecule has 1 aromatic rings. The maximum absolute atomic E-state index is 5.21. The van der Waals surface area contributed by atoms with Gasteiger partial charge in [0.15, 0.2) is 5.17 Å². The van der Waals surface area contributed by atoms with Gasteiger partial charge in [-0.1, -0.05) is 44.7 Å². The first-order valence-electron chi connectivity index (χ1n) is 9.23. The number of amidine groups is 1. The zero-order chi connectivity index (χ0) is 17.9. The van der Waals surface area contributed by atoms with Gasteiger partial charge in [-0.3, -0.25) is 4.90 Å². The fourth-order valence-electron chi connectivity index (χ4n) is 4.22. The van der Waals surface area contributed by atoms with E-state index in [-0.39, 0.29) is 0 Å². The molecule has 0 radical (unpaired) electrons. The minimum atomic E-state index is 0.454. The van der Waals surface area contributed by atoms with Crippen LogP contribution < -0.4 is 10.1 Å². The van der Waals surface area contributed by atoms with Crippen LogP contribution in [-0.2, 0) is 5.75 Å². The monoisotopic (exact) mass is 361 g/mol. The molecule has 1 aromatic carbocycles. The van der Waals surface area contributed by atoms with Crippen molar-refractivity contribution >= 4 is 16.9 Å². The molecule has 1 aliphatic carbocycles. The molecule has 1 fully saturated rings. The summed E-state index contributed by atoms with van der Waals surface area (Å²) >= 11 is 1.78. The number of hydrogen-bond donors (Lipinski definition) is 1. The highest BCUT2D eigenvalue weighted by atomic mass is 32.2. The van der Waals surface area contributed by atoms with Gasteiger partial charge >= 0.3 is 0 Å². The number of rotatable bonds is 4. The molecule has 1 saturated carbocycles. The lowest BCUT2D eigenvalue weighted by Gasteiger charge is -2.44. The molecule has 0 unspecified atom stereocenters. The highest BCUT2D eigenvalue weighted by Gasteiger charge is 2.35. The van der Waals surface area contributed by atoms with Crippen molar-refractivity contribution < 1.29 is 4.74 Å². The zero-order valence-electron chi connectivity index (χ0n) is 15.9. The Bertz CT molecular complexity index is 599. The van der Waals surface area contributed by atoms with Gasteiger partial charge in [0.25, 0.3) is 0 Å². The maximum Gasteiger partial charge on any atom is 0.159 e. The summed E-state index contributed by atoms with van der Waals surface area (Å²) in [6.07, 6.45) is 3.93. The number of nitrogens with one attached hydrogen (secondary N) is 1. The van der Waals surface area contributed by atoms with E-state index < -0.39 is 0 Å². The second-order valence-electron chi connectivity index (χ2n) is 8.23. The highest BCUT2D eigenvalue weighted by Crippen LogP contribution is 2.40. The van der Waals surface area contributed by atoms with Crippen molar-refractivity contribution in [3.05, 3.63) is 29.8 Å². The number of hydrogen-bond acceptors (Lipinski definition) is 5. The number of nitrogens with zero attached hydrogens (tertiary/aromatic N) is 2. The van der Waals surface area contributed by atoms with Crippen LogP contribution >= 0.6 is 11.8 Å². The first kappa shape index (κ1) is 18.6. The van der Waals surface area contributed by atoms with Crippen LogP contribution in [0.4, 0.5) is 0 Å². The summed E-state index contributed by atoms with van der Waals surface area (Å²) in [4.78, 5) is 7.29. The summed E-state index contributed by atoms with van der Waals surface area (Å²) in [7, 11) is 1.70. The first-order valence-corrected chi connectivity index (χ1v) is 10.2. The molecular weight excluding hydrogens is 330 g/mol. The van der Waals surface area contributed by atoms with Crippen molar-refractivity contribution in [3.8, 4) is 5.75 Å². The summed E-state index contributed by atoms with van der Waals surface area (Å²) in [5, 5.41) is 4.58. The summed E-state index contributed by atoms with van der Waals surface area (Å²) in [5.74, 6) is 2.65. The Kier molecular flexibility index (Phi) is 5.95. The van der Waals surface area contributed by atoms with Gasteiger partial charge < -0.3 is 10.1 Å². The van der Waals surface area contributed by atoms with Crippen molar-refractivity contribution in [2.75, 3.05) is 20.4 Å². The molecule has 0 bridgehead atoms. The van der Waals surface area contributed by atoms with E-state index in [0.717, 1.165) is 35.9 Å². The molecule has 2 atom stereocenters. The zero-order valence-corrected chi connectivity index (χ0v) is 16.7. The van der Waals surface area contributed by atoms with E-state index >= 15 is 0 Å². The van der Waals surface area contributed by atoms with E-state index in [1.165, 1.54) is 24.8 Å². The predicted octanol–water partition coefficient (Wildman–Crippen LogP) is 4.32. The second-order valence-corrected chi connectivity index (χ2v) is 9.20. The van der Waals surface area contributed by atoms with E-state index in [0.29, 0.717) is 11.5 Å². The molecular formula is C20H31N3OS. The average molecular weight is 362 g/mol. The number of ether oxygens (including phenoxy) is 1. The third-order valence-corrected chi connectivity index (χ3v) is 6.27. The highest BCUT2D eigenvalue weighted by molar-refractivity contribution is 8.13. The maximum atomic E-state index is 5.21.